The minimum absolute atomic E-state index is 0.0782. The molecule has 0 unspecified atom stereocenters. The molecule has 6 nitrogen and oxygen atoms in total. The number of benzene rings is 1. The van der Waals surface area contributed by atoms with Crippen molar-refractivity contribution in [1.82, 2.24) is 10.2 Å². The van der Waals surface area contributed by atoms with E-state index in [2.05, 4.69) is 5.32 Å². The van der Waals surface area contributed by atoms with Gasteiger partial charge in [0.2, 0.25) is 0 Å². The Hall–Kier alpha value is -1.79. The SMILES string of the molecule is COc1ccc(CN(C(=O)[C@H]2CNCCO2)C2CC2)cc1OC. The molecule has 1 aromatic carbocycles. The molecule has 1 atom stereocenters. The van der Waals surface area contributed by atoms with E-state index >= 15 is 0 Å². The summed E-state index contributed by atoms with van der Waals surface area (Å²) in [6.07, 6.45) is 1.77. The van der Waals surface area contributed by atoms with Crippen molar-refractivity contribution in [2.24, 2.45) is 0 Å². The van der Waals surface area contributed by atoms with Crippen molar-refractivity contribution in [3.63, 3.8) is 0 Å². The minimum atomic E-state index is -0.371. The van der Waals surface area contributed by atoms with Crippen LogP contribution in [0.4, 0.5) is 0 Å². The molecule has 1 N–H and O–H groups in total. The summed E-state index contributed by atoms with van der Waals surface area (Å²) in [5.74, 6) is 1.46. The number of nitrogens with one attached hydrogen (secondary N) is 1. The first-order valence-electron chi connectivity index (χ1n) is 8.06. The molecule has 0 bridgehead atoms. The monoisotopic (exact) mass is 320 g/mol. The van der Waals surface area contributed by atoms with Crippen LogP contribution in [0.25, 0.3) is 0 Å². The van der Waals surface area contributed by atoms with E-state index in [-0.39, 0.29) is 12.0 Å². The average molecular weight is 320 g/mol. The van der Waals surface area contributed by atoms with Crippen LogP contribution in [0.3, 0.4) is 0 Å². The van der Waals surface area contributed by atoms with Crippen LogP contribution in [0.1, 0.15) is 18.4 Å². The predicted octanol–water partition coefficient (Wildman–Crippen LogP) is 1.18. The first kappa shape index (κ1) is 16.1. The average Bonchev–Trinajstić information content (AvgIpc) is 3.44. The molecule has 1 saturated carbocycles. The molecule has 6 heteroatoms. The number of carbonyl (C=O) groups is 1. The second-order valence-corrected chi connectivity index (χ2v) is 5.95. The van der Waals surface area contributed by atoms with Crippen LogP contribution >= 0.6 is 0 Å². The summed E-state index contributed by atoms with van der Waals surface area (Å²) in [4.78, 5) is 14.7. The van der Waals surface area contributed by atoms with Gasteiger partial charge in [0.15, 0.2) is 11.5 Å². The topological polar surface area (TPSA) is 60.0 Å². The lowest BCUT2D eigenvalue weighted by Gasteiger charge is -2.30. The van der Waals surface area contributed by atoms with E-state index in [1.807, 2.05) is 23.1 Å². The third-order valence-corrected chi connectivity index (χ3v) is 4.27. The molecule has 3 rings (SSSR count). The Morgan fingerprint density at radius 2 is 2.09 bits per heavy atom. The van der Waals surface area contributed by atoms with E-state index < -0.39 is 0 Å². The van der Waals surface area contributed by atoms with Crippen LogP contribution in [-0.2, 0) is 16.1 Å². The maximum Gasteiger partial charge on any atom is 0.253 e. The van der Waals surface area contributed by atoms with E-state index in [9.17, 15) is 4.79 Å². The summed E-state index contributed by atoms with van der Waals surface area (Å²) in [5.41, 5.74) is 1.03. The van der Waals surface area contributed by atoms with Crippen LogP contribution in [-0.4, -0.2) is 56.9 Å². The third-order valence-electron chi connectivity index (χ3n) is 4.27. The molecule has 1 aliphatic carbocycles. The fourth-order valence-corrected chi connectivity index (χ4v) is 2.86. The van der Waals surface area contributed by atoms with Gasteiger partial charge in [-0.25, -0.2) is 0 Å². The van der Waals surface area contributed by atoms with Gasteiger partial charge in [0.1, 0.15) is 6.10 Å². The lowest BCUT2D eigenvalue weighted by Crippen LogP contribution is -2.49. The number of hydrogen-bond acceptors (Lipinski definition) is 5. The summed E-state index contributed by atoms with van der Waals surface area (Å²) in [7, 11) is 3.23. The first-order valence-corrected chi connectivity index (χ1v) is 8.06. The number of amides is 1. The van der Waals surface area contributed by atoms with Gasteiger partial charge in [0, 0.05) is 25.7 Å². The number of ether oxygens (including phenoxy) is 3. The van der Waals surface area contributed by atoms with Crippen LogP contribution in [0.15, 0.2) is 18.2 Å². The van der Waals surface area contributed by atoms with Gasteiger partial charge in [0.05, 0.1) is 20.8 Å². The second kappa shape index (κ2) is 7.19. The van der Waals surface area contributed by atoms with Crippen molar-refractivity contribution in [2.45, 2.75) is 31.5 Å². The van der Waals surface area contributed by atoms with Gasteiger partial charge in [0.25, 0.3) is 5.91 Å². The molecule has 2 fully saturated rings. The minimum Gasteiger partial charge on any atom is -0.493 e. The maximum absolute atomic E-state index is 12.8. The Labute approximate surface area is 136 Å². The zero-order chi connectivity index (χ0) is 16.2. The van der Waals surface area contributed by atoms with Crippen molar-refractivity contribution in [3.05, 3.63) is 23.8 Å². The molecule has 0 spiro atoms. The number of nitrogens with zero attached hydrogens (tertiary/aromatic N) is 1. The molecule has 23 heavy (non-hydrogen) atoms. The number of carbonyl (C=O) groups excluding carboxylic acids is 1. The van der Waals surface area contributed by atoms with Gasteiger partial charge in [-0.3, -0.25) is 4.79 Å². The third kappa shape index (κ3) is 3.76. The number of rotatable bonds is 6. The van der Waals surface area contributed by atoms with Crippen molar-refractivity contribution in [3.8, 4) is 11.5 Å². The number of morpholine rings is 1. The van der Waals surface area contributed by atoms with E-state index in [1.54, 1.807) is 14.2 Å². The van der Waals surface area contributed by atoms with Crippen LogP contribution in [0, 0.1) is 0 Å². The molecule has 2 aliphatic rings. The molecular formula is C17H24N2O4. The van der Waals surface area contributed by atoms with Crippen molar-refractivity contribution in [2.75, 3.05) is 33.9 Å². The Balaban J connectivity index is 1.73. The van der Waals surface area contributed by atoms with Crippen LogP contribution in [0.2, 0.25) is 0 Å². The predicted molar refractivity (Wildman–Crippen MR) is 85.7 cm³/mol. The number of methoxy groups -OCH3 is 2. The molecule has 1 saturated heterocycles. The molecule has 1 amide bonds. The Kier molecular flexibility index (Phi) is 5.03. The zero-order valence-electron chi connectivity index (χ0n) is 13.7. The fraction of sp³-hybridized carbons (Fsp3) is 0.588. The maximum atomic E-state index is 12.8. The summed E-state index contributed by atoms with van der Waals surface area (Å²) in [6.45, 7) is 2.56. The van der Waals surface area contributed by atoms with Gasteiger partial charge in [-0.1, -0.05) is 6.07 Å². The molecule has 0 radical (unpaired) electrons. The normalized spacial score (nSPS) is 20.9. The fourth-order valence-electron chi connectivity index (χ4n) is 2.86. The van der Waals surface area contributed by atoms with Gasteiger partial charge in [-0.15, -0.1) is 0 Å². The van der Waals surface area contributed by atoms with Crippen molar-refractivity contribution in [1.29, 1.82) is 0 Å². The molecule has 0 aromatic heterocycles. The lowest BCUT2D eigenvalue weighted by molar-refractivity contribution is -0.146. The summed E-state index contributed by atoms with van der Waals surface area (Å²) >= 11 is 0. The van der Waals surface area contributed by atoms with E-state index in [4.69, 9.17) is 14.2 Å². The highest BCUT2D eigenvalue weighted by Gasteiger charge is 2.36. The summed E-state index contributed by atoms with van der Waals surface area (Å²) in [6, 6.07) is 6.12. The van der Waals surface area contributed by atoms with E-state index in [1.165, 1.54) is 0 Å². The smallest absolute Gasteiger partial charge is 0.253 e. The standard InChI is InChI=1S/C17H24N2O4/c1-21-14-6-3-12(9-15(14)22-2)11-19(13-4-5-13)17(20)16-10-18-7-8-23-16/h3,6,9,13,16,18H,4-5,7-8,10-11H2,1-2H3/t16-/m1/s1. The molecule has 126 valence electrons. The zero-order valence-corrected chi connectivity index (χ0v) is 13.7. The second-order valence-electron chi connectivity index (χ2n) is 5.95. The van der Waals surface area contributed by atoms with Crippen LogP contribution in [0.5, 0.6) is 11.5 Å². The Morgan fingerprint density at radius 3 is 2.70 bits per heavy atom. The summed E-state index contributed by atoms with van der Waals surface area (Å²) < 4.78 is 16.2. The van der Waals surface area contributed by atoms with Gasteiger partial charge in [-0.2, -0.15) is 0 Å². The quantitative estimate of drug-likeness (QED) is 0.853. The van der Waals surface area contributed by atoms with Gasteiger partial charge < -0.3 is 24.4 Å². The largest absolute Gasteiger partial charge is 0.493 e. The molecule has 1 aliphatic heterocycles. The van der Waals surface area contributed by atoms with Gasteiger partial charge in [-0.05, 0) is 30.5 Å². The first-order chi connectivity index (χ1) is 11.2. The lowest BCUT2D eigenvalue weighted by atomic mass is 10.1. The highest BCUT2D eigenvalue weighted by Crippen LogP contribution is 2.32. The Morgan fingerprint density at radius 1 is 1.30 bits per heavy atom. The Bertz CT molecular complexity index is 554. The molecule has 1 heterocycles. The van der Waals surface area contributed by atoms with E-state index in [0.717, 1.165) is 24.9 Å². The number of hydrogen-bond donors (Lipinski definition) is 1. The van der Waals surface area contributed by atoms with Gasteiger partial charge >= 0.3 is 0 Å². The van der Waals surface area contributed by atoms with Crippen LogP contribution < -0.4 is 14.8 Å². The molecule has 1 aromatic rings. The summed E-state index contributed by atoms with van der Waals surface area (Å²) in [5, 5.41) is 3.22. The van der Waals surface area contributed by atoms with Crippen molar-refractivity contribution >= 4 is 5.91 Å². The highest BCUT2D eigenvalue weighted by molar-refractivity contribution is 5.82. The highest BCUT2D eigenvalue weighted by atomic mass is 16.5. The molecular weight excluding hydrogens is 296 g/mol. The van der Waals surface area contributed by atoms with E-state index in [0.29, 0.717) is 37.2 Å². The van der Waals surface area contributed by atoms with Crippen molar-refractivity contribution < 1.29 is 19.0 Å².